The van der Waals surface area contributed by atoms with E-state index in [1.807, 2.05) is 20.8 Å². The highest BCUT2D eigenvalue weighted by Crippen LogP contribution is 2.17. The van der Waals surface area contributed by atoms with Gasteiger partial charge >= 0.3 is 0 Å². The highest BCUT2D eigenvalue weighted by molar-refractivity contribution is 5.85. The molecule has 122 valence electrons. The van der Waals surface area contributed by atoms with Crippen molar-refractivity contribution in [3.8, 4) is 0 Å². The van der Waals surface area contributed by atoms with Crippen LogP contribution in [0, 0.1) is 5.41 Å². The van der Waals surface area contributed by atoms with Gasteiger partial charge in [-0.25, -0.2) is 0 Å². The van der Waals surface area contributed by atoms with E-state index < -0.39 is 6.04 Å². The van der Waals surface area contributed by atoms with E-state index in [9.17, 15) is 4.79 Å². The van der Waals surface area contributed by atoms with E-state index in [-0.39, 0.29) is 36.1 Å². The Bertz CT molecular complexity index is 279. The number of halogens is 2. The second-order valence-electron chi connectivity index (χ2n) is 6.09. The molecule has 0 aromatic heterocycles. The average molecular weight is 330 g/mol. The molecule has 0 aliphatic carbocycles. The topological polar surface area (TPSA) is 67.6 Å². The zero-order valence-electron chi connectivity index (χ0n) is 12.8. The Morgan fingerprint density at radius 3 is 2.25 bits per heavy atom. The highest BCUT2D eigenvalue weighted by atomic mass is 35.5. The van der Waals surface area contributed by atoms with Crippen molar-refractivity contribution in [2.24, 2.45) is 11.1 Å². The fourth-order valence-electron chi connectivity index (χ4n) is 1.90. The number of morpholine rings is 1. The molecular weight excluding hydrogens is 301 g/mol. The lowest BCUT2D eigenvalue weighted by atomic mass is 9.87. The third-order valence-corrected chi connectivity index (χ3v) is 3.46. The van der Waals surface area contributed by atoms with Gasteiger partial charge in [-0.2, -0.15) is 0 Å². The molecule has 1 aliphatic rings. The number of nitrogens with zero attached hydrogens (tertiary/aromatic N) is 1. The summed E-state index contributed by atoms with van der Waals surface area (Å²) in [7, 11) is 0. The van der Waals surface area contributed by atoms with Gasteiger partial charge in [0.05, 0.1) is 19.3 Å². The Balaban J connectivity index is 0. The van der Waals surface area contributed by atoms with Gasteiger partial charge in [-0.3, -0.25) is 9.69 Å². The Hall–Kier alpha value is -0.0700. The predicted octanol–water partition coefficient (Wildman–Crippen LogP) is 1.04. The smallest absolute Gasteiger partial charge is 0.237 e. The number of hydrogen-bond acceptors (Lipinski definition) is 4. The zero-order chi connectivity index (χ0) is 13.8. The lowest BCUT2D eigenvalue weighted by Crippen LogP contribution is -2.52. The van der Waals surface area contributed by atoms with Crippen molar-refractivity contribution in [2.75, 3.05) is 32.8 Å². The molecule has 1 rings (SSSR count). The first kappa shape index (κ1) is 22.2. The summed E-state index contributed by atoms with van der Waals surface area (Å²) in [4.78, 5) is 14.2. The normalized spacial score (nSPS) is 19.2. The third kappa shape index (κ3) is 7.09. The van der Waals surface area contributed by atoms with Crippen molar-refractivity contribution in [3.63, 3.8) is 0 Å². The monoisotopic (exact) mass is 329 g/mol. The lowest BCUT2D eigenvalue weighted by Gasteiger charge is -2.33. The maximum atomic E-state index is 11.9. The second kappa shape index (κ2) is 9.79. The van der Waals surface area contributed by atoms with Crippen LogP contribution >= 0.6 is 24.8 Å². The first-order valence-electron chi connectivity index (χ1n) is 6.67. The molecule has 0 bridgehead atoms. The van der Waals surface area contributed by atoms with Crippen molar-refractivity contribution in [1.29, 1.82) is 0 Å². The Labute approximate surface area is 134 Å². The predicted molar refractivity (Wildman–Crippen MR) is 86.8 cm³/mol. The second-order valence-corrected chi connectivity index (χ2v) is 6.09. The number of amides is 1. The molecule has 1 amide bonds. The molecule has 3 N–H and O–H groups in total. The number of nitrogens with one attached hydrogen (secondary N) is 1. The number of nitrogens with two attached hydrogens (primary N) is 1. The minimum Gasteiger partial charge on any atom is -0.379 e. The molecule has 0 aromatic carbocycles. The molecule has 20 heavy (non-hydrogen) atoms. The van der Waals surface area contributed by atoms with E-state index in [2.05, 4.69) is 17.1 Å². The van der Waals surface area contributed by atoms with Crippen LogP contribution in [-0.2, 0) is 9.53 Å². The van der Waals surface area contributed by atoms with E-state index in [0.29, 0.717) is 12.6 Å². The van der Waals surface area contributed by atoms with Crippen molar-refractivity contribution < 1.29 is 9.53 Å². The van der Waals surface area contributed by atoms with Crippen LogP contribution in [0.15, 0.2) is 0 Å². The Morgan fingerprint density at radius 1 is 1.30 bits per heavy atom. The van der Waals surface area contributed by atoms with Crippen LogP contribution in [0.1, 0.15) is 27.7 Å². The summed E-state index contributed by atoms with van der Waals surface area (Å²) in [6.45, 7) is 12.1. The molecule has 1 aliphatic heterocycles. The number of hydrogen-bond donors (Lipinski definition) is 2. The van der Waals surface area contributed by atoms with E-state index in [4.69, 9.17) is 10.5 Å². The van der Waals surface area contributed by atoms with Gasteiger partial charge in [0, 0.05) is 25.7 Å². The molecule has 0 saturated carbocycles. The summed E-state index contributed by atoms with van der Waals surface area (Å²) in [5.41, 5.74) is 5.71. The summed E-state index contributed by atoms with van der Waals surface area (Å²) < 4.78 is 5.31. The standard InChI is InChI=1S/C13H27N3O2.2ClH/c1-10(16-5-7-18-8-6-16)9-15-12(17)11(14)13(2,3)4;;/h10-11H,5-9,14H2,1-4H3,(H,15,17);2*1H/t10?,11-;;/m1../s1. The quantitative estimate of drug-likeness (QED) is 0.808. The van der Waals surface area contributed by atoms with E-state index in [1.54, 1.807) is 0 Å². The van der Waals surface area contributed by atoms with Gasteiger partial charge in [-0.15, -0.1) is 24.8 Å². The first-order valence-corrected chi connectivity index (χ1v) is 6.67. The highest BCUT2D eigenvalue weighted by Gasteiger charge is 2.27. The summed E-state index contributed by atoms with van der Waals surface area (Å²) >= 11 is 0. The van der Waals surface area contributed by atoms with Crippen LogP contribution in [0.25, 0.3) is 0 Å². The molecular formula is C13H29Cl2N3O2. The molecule has 1 fully saturated rings. The number of carbonyl (C=O) groups excluding carboxylic acids is 1. The molecule has 0 spiro atoms. The van der Waals surface area contributed by atoms with Gasteiger partial charge in [-0.05, 0) is 12.3 Å². The molecule has 5 nitrogen and oxygen atoms in total. The van der Waals surface area contributed by atoms with Crippen molar-refractivity contribution >= 4 is 30.7 Å². The lowest BCUT2D eigenvalue weighted by molar-refractivity contribution is -0.124. The molecule has 7 heteroatoms. The minimum atomic E-state index is -0.464. The van der Waals surface area contributed by atoms with Crippen molar-refractivity contribution in [2.45, 2.75) is 39.8 Å². The summed E-state index contributed by atoms with van der Waals surface area (Å²) in [5, 5.41) is 2.94. The molecule has 0 aromatic rings. The van der Waals surface area contributed by atoms with Gasteiger partial charge in [0.1, 0.15) is 0 Å². The zero-order valence-corrected chi connectivity index (χ0v) is 14.5. The minimum absolute atomic E-state index is 0. The average Bonchev–Trinajstić information content (AvgIpc) is 2.34. The number of ether oxygens (including phenoxy) is 1. The maximum absolute atomic E-state index is 11.9. The van der Waals surface area contributed by atoms with Crippen LogP contribution in [0.2, 0.25) is 0 Å². The maximum Gasteiger partial charge on any atom is 0.237 e. The Morgan fingerprint density at radius 2 is 1.80 bits per heavy atom. The summed E-state index contributed by atoms with van der Waals surface area (Å²) in [5.74, 6) is -0.0670. The molecule has 1 unspecified atom stereocenters. The summed E-state index contributed by atoms with van der Waals surface area (Å²) in [6, 6.07) is -0.139. The van der Waals surface area contributed by atoms with Crippen LogP contribution in [-0.4, -0.2) is 55.7 Å². The van der Waals surface area contributed by atoms with Crippen LogP contribution in [0.3, 0.4) is 0 Å². The van der Waals surface area contributed by atoms with Gasteiger partial charge in [0.25, 0.3) is 0 Å². The van der Waals surface area contributed by atoms with Gasteiger partial charge in [0.2, 0.25) is 5.91 Å². The van der Waals surface area contributed by atoms with E-state index in [1.165, 1.54) is 0 Å². The number of rotatable bonds is 4. The fraction of sp³-hybridized carbons (Fsp3) is 0.923. The molecule has 1 saturated heterocycles. The molecule has 0 radical (unpaired) electrons. The third-order valence-electron chi connectivity index (χ3n) is 3.46. The van der Waals surface area contributed by atoms with Crippen LogP contribution in [0.4, 0.5) is 0 Å². The summed E-state index contributed by atoms with van der Waals surface area (Å²) in [6.07, 6.45) is 0. The largest absolute Gasteiger partial charge is 0.379 e. The first-order chi connectivity index (χ1) is 8.32. The van der Waals surface area contributed by atoms with Crippen LogP contribution < -0.4 is 11.1 Å². The molecule has 1 heterocycles. The van der Waals surface area contributed by atoms with Crippen molar-refractivity contribution in [1.82, 2.24) is 10.2 Å². The van der Waals surface area contributed by atoms with Gasteiger partial charge < -0.3 is 15.8 Å². The molecule has 2 atom stereocenters. The van der Waals surface area contributed by atoms with E-state index >= 15 is 0 Å². The van der Waals surface area contributed by atoms with E-state index in [0.717, 1.165) is 26.3 Å². The van der Waals surface area contributed by atoms with Crippen molar-refractivity contribution in [3.05, 3.63) is 0 Å². The SMILES string of the molecule is CC(CNC(=O)[C@@H](N)C(C)(C)C)N1CCOCC1.Cl.Cl. The van der Waals surface area contributed by atoms with Crippen LogP contribution in [0.5, 0.6) is 0 Å². The Kier molecular flexibility index (Phi) is 10.9. The fourth-order valence-corrected chi connectivity index (χ4v) is 1.90. The van der Waals surface area contributed by atoms with Gasteiger partial charge in [0.15, 0.2) is 0 Å². The number of carbonyl (C=O) groups is 1. The van der Waals surface area contributed by atoms with Gasteiger partial charge in [-0.1, -0.05) is 20.8 Å².